The zero-order chi connectivity index (χ0) is 8.77. The Bertz CT molecular complexity index is 162. The van der Waals surface area contributed by atoms with Crippen molar-refractivity contribution in [3.63, 3.8) is 0 Å². The Labute approximate surface area is 75.1 Å². The third-order valence-corrected chi connectivity index (χ3v) is 3.37. The molecule has 2 nitrogen and oxygen atoms in total. The molecular weight excluding hydrogens is 148 g/mol. The van der Waals surface area contributed by atoms with E-state index in [-0.39, 0.29) is 0 Å². The highest BCUT2D eigenvalue weighted by Gasteiger charge is 2.52. The predicted octanol–water partition coefficient (Wildman–Crippen LogP) is 1.21. The fourth-order valence-corrected chi connectivity index (χ4v) is 2.31. The second kappa shape index (κ2) is 2.71. The molecule has 1 aliphatic heterocycles. The number of nitrogens with zero attached hydrogens (tertiary/aromatic N) is 1. The van der Waals surface area contributed by atoms with Gasteiger partial charge < -0.3 is 5.73 Å². The lowest BCUT2D eigenvalue weighted by molar-refractivity contribution is 0.0380. The number of hydrogen-bond acceptors (Lipinski definition) is 2. The average molecular weight is 168 g/mol. The molecule has 2 rings (SSSR count). The molecule has 1 heterocycles. The van der Waals surface area contributed by atoms with Crippen molar-refractivity contribution in [2.45, 2.75) is 45.2 Å². The molecule has 0 aromatic carbocycles. The molecule has 1 spiro atoms. The number of hydrogen-bond donors (Lipinski definition) is 1. The van der Waals surface area contributed by atoms with Gasteiger partial charge in [0.1, 0.15) is 0 Å². The van der Waals surface area contributed by atoms with E-state index in [2.05, 4.69) is 18.7 Å². The van der Waals surface area contributed by atoms with E-state index in [0.29, 0.717) is 12.1 Å². The first kappa shape index (κ1) is 8.52. The van der Waals surface area contributed by atoms with Gasteiger partial charge in [-0.15, -0.1) is 0 Å². The average Bonchev–Trinajstić information content (AvgIpc) is 2.59. The van der Waals surface area contributed by atoms with Gasteiger partial charge in [-0.2, -0.15) is 0 Å². The summed E-state index contributed by atoms with van der Waals surface area (Å²) in [4.78, 5) is 2.58. The normalized spacial score (nSPS) is 31.2. The van der Waals surface area contributed by atoms with Gasteiger partial charge in [-0.05, 0) is 38.5 Å². The maximum absolute atomic E-state index is 5.77. The van der Waals surface area contributed by atoms with Crippen LogP contribution >= 0.6 is 0 Å². The van der Waals surface area contributed by atoms with Gasteiger partial charge >= 0.3 is 0 Å². The Morgan fingerprint density at radius 2 is 1.92 bits per heavy atom. The molecule has 0 bridgehead atoms. The van der Waals surface area contributed by atoms with Gasteiger partial charge in [0.2, 0.25) is 0 Å². The molecule has 1 aliphatic carbocycles. The first-order chi connectivity index (χ1) is 5.61. The van der Waals surface area contributed by atoms with Crippen LogP contribution in [-0.4, -0.2) is 30.1 Å². The maximum Gasteiger partial charge on any atom is 0.00820 e. The van der Waals surface area contributed by atoms with Crippen molar-refractivity contribution < 1.29 is 0 Å². The molecule has 70 valence electrons. The van der Waals surface area contributed by atoms with Crippen LogP contribution in [0.25, 0.3) is 0 Å². The van der Waals surface area contributed by atoms with E-state index in [1.54, 1.807) is 0 Å². The second-order valence-corrected chi connectivity index (χ2v) is 4.97. The second-order valence-electron chi connectivity index (χ2n) is 4.97. The first-order valence-electron chi connectivity index (χ1n) is 5.11. The van der Waals surface area contributed by atoms with E-state index in [4.69, 9.17) is 5.73 Å². The third kappa shape index (κ3) is 1.50. The SMILES string of the molecule is CC(N)CC(C)N1CC2(CC2)C1. The van der Waals surface area contributed by atoms with E-state index < -0.39 is 0 Å². The van der Waals surface area contributed by atoms with Crippen LogP contribution in [0.5, 0.6) is 0 Å². The molecule has 12 heavy (non-hydrogen) atoms. The Kier molecular flexibility index (Phi) is 1.92. The van der Waals surface area contributed by atoms with Gasteiger partial charge in [-0.3, -0.25) is 4.90 Å². The van der Waals surface area contributed by atoms with Crippen molar-refractivity contribution >= 4 is 0 Å². The highest BCUT2D eigenvalue weighted by atomic mass is 15.2. The fourth-order valence-electron chi connectivity index (χ4n) is 2.31. The van der Waals surface area contributed by atoms with E-state index in [9.17, 15) is 0 Å². The van der Waals surface area contributed by atoms with Crippen LogP contribution in [0.15, 0.2) is 0 Å². The number of likely N-dealkylation sites (tertiary alicyclic amines) is 1. The van der Waals surface area contributed by atoms with E-state index >= 15 is 0 Å². The van der Waals surface area contributed by atoms with Gasteiger partial charge in [0, 0.05) is 25.2 Å². The Hall–Kier alpha value is -0.0800. The van der Waals surface area contributed by atoms with Crippen molar-refractivity contribution in [1.82, 2.24) is 4.90 Å². The first-order valence-corrected chi connectivity index (χ1v) is 5.11. The quantitative estimate of drug-likeness (QED) is 0.686. The number of nitrogens with two attached hydrogens (primary N) is 1. The van der Waals surface area contributed by atoms with Crippen LogP contribution in [0.4, 0.5) is 0 Å². The molecule has 2 atom stereocenters. The molecule has 2 N–H and O–H groups in total. The Morgan fingerprint density at radius 3 is 2.33 bits per heavy atom. The minimum Gasteiger partial charge on any atom is -0.328 e. The van der Waals surface area contributed by atoms with Gasteiger partial charge in [-0.1, -0.05) is 0 Å². The topological polar surface area (TPSA) is 29.3 Å². The Morgan fingerprint density at radius 1 is 1.33 bits per heavy atom. The van der Waals surface area contributed by atoms with Crippen molar-refractivity contribution in [2.75, 3.05) is 13.1 Å². The Balaban J connectivity index is 1.72. The van der Waals surface area contributed by atoms with Crippen LogP contribution in [0.3, 0.4) is 0 Å². The largest absolute Gasteiger partial charge is 0.328 e. The molecule has 0 radical (unpaired) electrons. The van der Waals surface area contributed by atoms with E-state index in [1.807, 2.05) is 0 Å². The summed E-state index contributed by atoms with van der Waals surface area (Å²) in [5, 5.41) is 0. The molecule has 1 saturated carbocycles. The molecule has 0 amide bonds. The van der Waals surface area contributed by atoms with Crippen LogP contribution in [0.2, 0.25) is 0 Å². The van der Waals surface area contributed by atoms with Crippen LogP contribution in [0.1, 0.15) is 33.1 Å². The highest BCUT2D eigenvalue weighted by molar-refractivity contribution is 5.06. The summed E-state index contributed by atoms with van der Waals surface area (Å²) >= 11 is 0. The smallest absolute Gasteiger partial charge is 0.00820 e. The molecule has 2 aliphatic rings. The molecule has 0 aromatic rings. The summed E-state index contributed by atoms with van der Waals surface area (Å²) < 4.78 is 0. The van der Waals surface area contributed by atoms with Crippen LogP contribution in [-0.2, 0) is 0 Å². The predicted molar refractivity (Wildman–Crippen MR) is 51.0 cm³/mol. The minimum atomic E-state index is 0.357. The van der Waals surface area contributed by atoms with Crippen LogP contribution in [0, 0.1) is 5.41 Å². The lowest BCUT2D eigenvalue weighted by Gasteiger charge is -2.44. The van der Waals surface area contributed by atoms with Gasteiger partial charge in [-0.25, -0.2) is 0 Å². The van der Waals surface area contributed by atoms with Gasteiger partial charge in [0.05, 0.1) is 0 Å². The summed E-state index contributed by atoms with van der Waals surface area (Å²) in [5.41, 5.74) is 6.56. The molecule has 2 unspecified atom stereocenters. The summed E-state index contributed by atoms with van der Waals surface area (Å²) in [6, 6.07) is 1.06. The van der Waals surface area contributed by atoms with Crippen molar-refractivity contribution in [3.8, 4) is 0 Å². The van der Waals surface area contributed by atoms with Crippen LogP contribution < -0.4 is 5.73 Å². The molecule has 2 fully saturated rings. The van der Waals surface area contributed by atoms with Crippen molar-refractivity contribution in [2.24, 2.45) is 11.1 Å². The monoisotopic (exact) mass is 168 g/mol. The zero-order valence-corrected chi connectivity index (χ0v) is 8.21. The summed E-state index contributed by atoms with van der Waals surface area (Å²) in [6.45, 7) is 7.10. The minimum absolute atomic E-state index is 0.357. The molecular formula is C10H20N2. The van der Waals surface area contributed by atoms with Crippen molar-refractivity contribution in [3.05, 3.63) is 0 Å². The van der Waals surface area contributed by atoms with E-state index in [0.717, 1.165) is 11.8 Å². The lowest BCUT2D eigenvalue weighted by Crippen LogP contribution is -2.53. The fraction of sp³-hybridized carbons (Fsp3) is 1.00. The molecule has 0 aromatic heterocycles. The molecule has 2 heteroatoms. The van der Waals surface area contributed by atoms with E-state index in [1.165, 1.54) is 25.9 Å². The highest BCUT2D eigenvalue weighted by Crippen LogP contribution is 2.53. The zero-order valence-electron chi connectivity index (χ0n) is 8.21. The molecule has 1 saturated heterocycles. The standard InChI is InChI=1S/C10H20N2/c1-8(11)5-9(2)12-6-10(7-12)3-4-10/h8-9H,3-7,11H2,1-2H3. The lowest BCUT2D eigenvalue weighted by atomic mass is 9.93. The summed E-state index contributed by atoms with van der Waals surface area (Å²) in [6.07, 6.45) is 4.11. The summed E-state index contributed by atoms with van der Waals surface area (Å²) in [7, 11) is 0. The summed E-state index contributed by atoms with van der Waals surface area (Å²) in [5.74, 6) is 0. The third-order valence-electron chi connectivity index (χ3n) is 3.37. The number of rotatable bonds is 3. The van der Waals surface area contributed by atoms with Crippen molar-refractivity contribution in [1.29, 1.82) is 0 Å². The van der Waals surface area contributed by atoms with Gasteiger partial charge in [0.25, 0.3) is 0 Å². The van der Waals surface area contributed by atoms with Gasteiger partial charge in [0.15, 0.2) is 0 Å². The maximum atomic E-state index is 5.77.